The molecule has 0 N–H and O–H groups in total. The molecule has 0 aliphatic heterocycles. The third kappa shape index (κ3) is 9.35. The van der Waals surface area contributed by atoms with Gasteiger partial charge in [-0.05, 0) is 57.6 Å². The van der Waals surface area contributed by atoms with Gasteiger partial charge in [0.2, 0.25) is 0 Å². The van der Waals surface area contributed by atoms with E-state index in [1.54, 1.807) is 0 Å². The number of hydrogen-bond acceptors (Lipinski definition) is 0. The van der Waals surface area contributed by atoms with Crippen molar-refractivity contribution < 1.29 is 0 Å². The Morgan fingerprint density at radius 1 is 1.21 bits per heavy atom. The minimum atomic E-state index is 1.18. The average Bonchev–Trinajstić information content (AvgIpc) is 2.19. The Labute approximate surface area is 89.4 Å². The van der Waals surface area contributed by atoms with Crippen LogP contribution in [0.3, 0.4) is 0 Å². The maximum atomic E-state index is 3.36. The molecule has 80 valence electrons. The van der Waals surface area contributed by atoms with Crippen LogP contribution in [0.4, 0.5) is 0 Å². The van der Waals surface area contributed by atoms with Crippen molar-refractivity contribution in [3.8, 4) is 0 Å². The Morgan fingerprint density at radius 3 is 2.64 bits per heavy atom. The first kappa shape index (κ1) is 13.3. The van der Waals surface area contributed by atoms with E-state index in [1.807, 2.05) is 0 Å². The Bertz CT molecular complexity index is 202. The summed E-state index contributed by atoms with van der Waals surface area (Å²) in [6.07, 6.45) is 13.9. The van der Waals surface area contributed by atoms with Crippen molar-refractivity contribution in [1.82, 2.24) is 0 Å². The molecule has 0 aromatic carbocycles. The summed E-state index contributed by atoms with van der Waals surface area (Å²) in [7, 11) is 0. The second kappa shape index (κ2) is 10.3. The van der Waals surface area contributed by atoms with Crippen LogP contribution in [0.25, 0.3) is 0 Å². The van der Waals surface area contributed by atoms with Gasteiger partial charge in [0.1, 0.15) is 0 Å². The molecule has 0 spiro atoms. The third-order valence-electron chi connectivity index (χ3n) is 2.21. The van der Waals surface area contributed by atoms with Crippen LogP contribution in [0, 0.1) is 0 Å². The highest BCUT2D eigenvalue weighted by Gasteiger charge is 1.86. The molecule has 0 rings (SSSR count). The summed E-state index contributed by atoms with van der Waals surface area (Å²) < 4.78 is 0. The van der Waals surface area contributed by atoms with E-state index in [0.29, 0.717) is 0 Å². The molecule has 0 unspecified atom stereocenters. The fourth-order valence-electron chi connectivity index (χ4n) is 1.28. The predicted molar refractivity (Wildman–Crippen MR) is 65.5 cm³/mol. The van der Waals surface area contributed by atoms with Crippen LogP contribution in [0.5, 0.6) is 0 Å². The highest BCUT2D eigenvalue weighted by atomic mass is 13.9. The molecule has 0 amide bonds. The number of hydrogen-bond donors (Lipinski definition) is 0. The van der Waals surface area contributed by atoms with Crippen molar-refractivity contribution in [2.45, 2.75) is 59.3 Å². The topological polar surface area (TPSA) is 0 Å². The zero-order valence-corrected chi connectivity index (χ0v) is 9.97. The lowest BCUT2D eigenvalue weighted by atomic mass is 10.1. The van der Waals surface area contributed by atoms with Crippen molar-refractivity contribution in [1.29, 1.82) is 0 Å². The maximum absolute atomic E-state index is 3.36. The van der Waals surface area contributed by atoms with Crippen molar-refractivity contribution in [3.63, 3.8) is 0 Å². The van der Waals surface area contributed by atoms with E-state index in [9.17, 15) is 0 Å². The monoisotopic (exact) mass is 192 g/mol. The molecule has 0 bridgehead atoms. The van der Waals surface area contributed by atoms with Gasteiger partial charge in [-0.25, -0.2) is 0 Å². The van der Waals surface area contributed by atoms with Crippen LogP contribution in [-0.4, -0.2) is 0 Å². The number of rotatable bonds is 7. The van der Waals surface area contributed by atoms with E-state index in [1.165, 1.54) is 44.1 Å². The smallest absolute Gasteiger partial charge is 0.0244 e. The molecule has 0 saturated carbocycles. The van der Waals surface area contributed by atoms with Crippen LogP contribution in [-0.2, 0) is 0 Å². The molecule has 0 aliphatic rings. The van der Waals surface area contributed by atoms with E-state index >= 15 is 0 Å². The van der Waals surface area contributed by atoms with Gasteiger partial charge < -0.3 is 0 Å². The van der Waals surface area contributed by atoms with Gasteiger partial charge in [-0.2, -0.15) is 0 Å². The zero-order chi connectivity index (χ0) is 10.6. The standard InChI is InChI=1S/C14H24/c1-4-6-8-10-12-14(3)13-11-9-7-5-2/h4,6,11H,5,7-10,12H2,1-3H3. The van der Waals surface area contributed by atoms with Crippen LogP contribution in [0.2, 0.25) is 0 Å². The fourth-order valence-corrected chi connectivity index (χ4v) is 1.28. The highest BCUT2D eigenvalue weighted by Crippen LogP contribution is 2.06. The molecule has 0 nitrogen and oxygen atoms in total. The van der Waals surface area contributed by atoms with Gasteiger partial charge >= 0.3 is 0 Å². The molecule has 0 heterocycles. The predicted octanol–water partition coefficient (Wildman–Crippen LogP) is 5.02. The van der Waals surface area contributed by atoms with Gasteiger partial charge in [0.05, 0.1) is 0 Å². The third-order valence-corrected chi connectivity index (χ3v) is 2.21. The van der Waals surface area contributed by atoms with Gasteiger partial charge in [0, 0.05) is 0 Å². The minimum Gasteiger partial charge on any atom is -0.126 e. The lowest BCUT2D eigenvalue weighted by molar-refractivity contribution is 0.811. The number of unbranched alkanes of at least 4 members (excludes halogenated alkanes) is 3. The molecule has 0 saturated heterocycles. The normalized spacial score (nSPS) is 10.2. The van der Waals surface area contributed by atoms with Gasteiger partial charge in [-0.15, -0.1) is 5.73 Å². The van der Waals surface area contributed by atoms with Crippen molar-refractivity contribution in [2.75, 3.05) is 0 Å². The van der Waals surface area contributed by atoms with E-state index in [2.05, 4.69) is 44.7 Å². The summed E-state index contributed by atoms with van der Waals surface area (Å²) in [5, 5.41) is 0. The first-order valence-corrected chi connectivity index (χ1v) is 5.83. The first-order valence-electron chi connectivity index (χ1n) is 5.83. The van der Waals surface area contributed by atoms with Gasteiger partial charge in [-0.1, -0.05) is 25.5 Å². The minimum absolute atomic E-state index is 1.18. The summed E-state index contributed by atoms with van der Waals surface area (Å²) in [5.74, 6) is 0. The van der Waals surface area contributed by atoms with Gasteiger partial charge in [0.25, 0.3) is 0 Å². The summed E-state index contributed by atoms with van der Waals surface area (Å²) in [5.41, 5.74) is 4.76. The average molecular weight is 192 g/mol. The lowest BCUT2D eigenvalue weighted by Gasteiger charge is -1.94. The molecule has 0 atom stereocenters. The van der Waals surface area contributed by atoms with E-state index in [0.717, 1.165) is 0 Å². The lowest BCUT2D eigenvalue weighted by Crippen LogP contribution is -1.75. The van der Waals surface area contributed by atoms with Crippen molar-refractivity contribution in [2.24, 2.45) is 0 Å². The fraction of sp³-hybridized carbons (Fsp3) is 0.643. The second-order valence-corrected chi connectivity index (χ2v) is 3.73. The highest BCUT2D eigenvalue weighted by molar-refractivity contribution is 4.98. The molecule has 0 radical (unpaired) electrons. The summed E-state index contributed by atoms with van der Waals surface area (Å²) in [6, 6.07) is 0. The summed E-state index contributed by atoms with van der Waals surface area (Å²) in [6.45, 7) is 6.48. The van der Waals surface area contributed by atoms with Crippen LogP contribution < -0.4 is 0 Å². The largest absolute Gasteiger partial charge is 0.126 e. The van der Waals surface area contributed by atoms with E-state index in [4.69, 9.17) is 0 Å². The summed E-state index contributed by atoms with van der Waals surface area (Å²) >= 11 is 0. The molecule has 0 heteroatoms. The van der Waals surface area contributed by atoms with Crippen LogP contribution in [0.15, 0.2) is 29.5 Å². The SMILES string of the molecule is CC=CCCCC(C)=C=CCCCC. The Hall–Kier alpha value is -0.740. The van der Waals surface area contributed by atoms with Gasteiger partial charge in [0.15, 0.2) is 0 Å². The quantitative estimate of drug-likeness (QED) is 0.302. The molecule has 14 heavy (non-hydrogen) atoms. The zero-order valence-electron chi connectivity index (χ0n) is 9.97. The maximum Gasteiger partial charge on any atom is -0.0244 e. The van der Waals surface area contributed by atoms with Crippen molar-refractivity contribution >= 4 is 0 Å². The van der Waals surface area contributed by atoms with Crippen LogP contribution in [0.1, 0.15) is 59.3 Å². The summed E-state index contributed by atoms with van der Waals surface area (Å²) in [4.78, 5) is 0. The molecular formula is C14H24. The number of allylic oxidation sites excluding steroid dienone is 3. The van der Waals surface area contributed by atoms with E-state index < -0.39 is 0 Å². The molecule has 0 fully saturated rings. The van der Waals surface area contributed by atoms with E-state index in [-0.39, 0.29) is 0 Å². The molecule has 0 aliphatic carbocycles. The molecular weight excluding hydrogens is 168 g/mol. The van der Waals surface area contributed by atoms with Crippen LogP contribution >= 0.6 is 0 Å². The Balaban J connectivity index is 3.60. The Morgan fingerprint density at radius 2 is 2.00 bits per heavy atom. The second-order valence-electron chi connectivity index (χ2n) is 3.73. The van der Waals surface area contributed by atoms with Gasteiger partial charge in [-0.3, -0.25) is 0 Å². The Kier molecular flexibility index (Phi) is 9.79. The molecule has 0 aromatic heterocycles. The molecule has 0 aromatic rings. The van der Waals surface area contributed by atoms with Crippen molar-refractivity contribution in [3.05, 3.63) is 29.5 Å². The first-order chi connectivity index (χ1) is 6.81.